The Kier molecular flexibility index (Phi) is 5.14. The van der Waals surface area contributed by atoms with Crippen LogP contribution in [-0.4, -0.2) is 19.0 Å². The van der Waals surface area contributed by atoms with Gasteiger partial charge in [-0.15, -0.1) is 0 Å². The summed E-state index contributed by atoms with van der Waals surface area (Å²) in [5.74, 6) is 1.56. The van der Waals surface area contributed by atoms with Crippen LogP contribution in [0.5, 0.6) is 0 Å². The molecule has 3 rings (SSSR count). The maximum Gasteiger partial charge on any atom is 0.228 e. The minimum atomic E-state index is 0.0989. The highest BCUT2D eigenvalue weighted by Gasteiger charge is 2.24. The summed E-state index contributed by atoms with van der Waals surface area (Å²) in [7, 11) is 0. The van der Waals surface area contributed by atoms with Gasteiger partial charge in [-0.05, 0) is 55.3 Å². The molecule has 3 heteroatoms. The van der Waals surface area contributed by atoms with E-state index in [0.717, 1.165) is 31.1 Å². The van der Waals surface area contributed by atoms with Crippen molar-refractivity contribution in [1.29, 1.82) is 0 Å². The van der Waals surface area contributed by atoms with Crippen molar-refractivity contribution in [2.45, 2.75) is 51.4 Å². The topological polar surface area (TPSA) is 41.1 Å². The molecular formula is C19H28N2O. The Morgan fingerprint density at radius 3 is 2.50 bits per heavy atom. The van der Waals surface area contributed by atoms with E-state index in [2.05, 4.69) is 41.8 Å². The van der Waals surface area contributed by atoms with Gasteiger partial charge in [0.25, 0.3) is 0 Å². The third-order valence-corrected chi connectivity index (χ3v) is 5.20. The monoisotopic (exact) mass is 300 g/mol. The molecule has 1 aromatic rings. The van der Waals surface area contributed by atoms with Crippen LogP contribution in [0.3, 0.4) is 0 Å². The van der Waals surface area contributed by atoms with Gasteiger partial charge >= 0.3 is 0 Å². The predicted molar refractivity (Wildman–Crippen MR) is 91.0 cm³/mol. The lowest BCUT2D eigenvalue weighted by Gasteiger charge is -2.27. The normalized spacial score (nSPS) is 26.6. The fraction of sp³-hybridized carbons (Fsp3) is 0.632. The fourth-order valence-electron chi connectivity index (χ4n) is 3.87. The summed E-state index contributed by atoms with van der Waals surface area (Å²) < 4.78 is 0. The van der Waals surface area contributed by atoms with Crippen molar-refractivity contribution in [1.82, 2.24) is 5.32 Å². The van der Waals surface area contributed by atoms with E-state index in [-0.39, 0.29) is 11.8 Å². The van der Waals surface area contributed by atoms with Gasteiger partial charge in [0.2, 0.25) is 5.91 Å². The average Bonchev–Trinajstić information content (AvgIpc) is 2.56. The molecule has 0 radical (unpaired) electrons. The van der Waals surface area contributed by atoms with E-state index in [0.29, 0.717) is 5.92 Å². The van der Waals surface area contributed by atoms with Gasteiger partial charge in [0.1, 0.15) is 0 Å². The summed E-state index contributed by atoms with van der Waals surface area (Å²) in [5.41, 5.74) is 2.37. The molecule has 120 valence electrons. The highest BCUT2D eigenvalue weighted by molar-refractivity contribution is 5.92. The number of rotatable bonds is 3. The largest absolute Gasteiger partial charge is 0.326 e. The van der Waals surface area contributed by atoms with Gasteiger partial charge in [-0.25, -0.2) is 0 Å². The smallest absolute Gasteiger partial charge is 0.228 e. The van der Waals surface area contributed by atoms with Gasteiger partial charge in [0.05, 0.1) is 5.92 Å². The minimum Gasteiger partial charge on any atom is -0.326 e. The zero-order valence-corrected chi connectivity index (χ0v) is 13.6. The molecule has 2 aliphatic rings. The highest BCUT2D eigenvalue weighted by atomic mass is 16.1. The number of carbonyl (C=O) groups is 1. The zero-order chi connectivity index (χ0) is 15.4. The van der Waals surface area contributed by atoms with Gasteiger partial charge < -0.3 is 10.6 Å². The molecule has 1 aliphatic heterocycles. The van der Waals surface area contributed by atoms with E-state index in [4.69, 9.17) is 0 Å². The molecule has 0 bridgehead atoms. The van der Waals surface area contributed by atoms with Crippen LogP contribution in [0.15, 0.2) is 24.3 Å². The molecular weight excluding hydrogens is 272 g/mol. The quantitative estimate of drug-likeness (QED) is 0.888. The number of piperidine rings is 1. The zero-order valence-electron chi connectivity index (χ0n) is 13.6. The second-order valence-corrected chi connectivity index (χ2v) is 7.14. The van der Waals surface area contributed by atoms with Gasteiger partial charge in [0, 0.05) is 12.2 Å². The van der Waals surface area contributed by atoms with Gasteiger partial charge in [-0.2, -0.15) is 0 Å². The van der Waals surface area contributed by atoms with Gasteiger partial charge in [-0.3, -0.25) is 4.79 Å². The summed E-state index contributed by atoms with van der Waals surface area (Å²) in [5, 5.41) is 6.43. The Morgan fingerprint density at radius 1 is 1.09 bits per heavy atom. The molecule has 2 unspecified atom stereocenters. The number of hydrogen-bond acceptors (Lipinski definition) is 2. The molecule has 3 nitrogen and oxygen atoms in total. The Morgan fingerprint density at radius 2 is 1.82 bits per heavy atom. The van der Waals surface area contributed by atoms with E-state index in [1.165, 1.54) is 37.7 Å². The standard InChI is InChI=1S/C19H28N2O/c1-14-11-17(13-20-12-14)19(22)21-18-9-7-16(8-10-18)15-5-3-2-4-6-15/h7-10,14-15,17,20H,2-6,11-13H2,1H3,(H,21,22). The summed E-state index contributed by atoms with van der Waals surface area (Å²) >= 11 is 0. The lowest BCUT2D eigenvalue weighted by Crippen LogP contribution is -2.40. The van der Waals surface area contributed by atoms with Crippen LogP contribution >= 0.6 is 0 Å². The van der Waals surface area contributed by atoms with E-state index in [9.17, 15) is 4.79 Å². The molecule has 1 aliphatic carbocycles. The second kappa shape index (κ2) is 7.28. The first-order valence-corrected chi connectivity index (χ1v) is 8.84. The van der Waals surface area contributed by atoms with Crippen molar-refractivity contribution < 1.29 is 4.79 Å². The number of anilines is 1. The fourth-order valence-corrected chi connectivity index (χ4v) is 3.87. The first kappa shape index (κ1) is 15.5. The molecule has 0 spiro atoms. The molecule has 0 aromatic heterocycles. The van der Waals surface area contributed by atoms with Crippen LogP contribution in [0.1, 0.15) is 56.9 Å². The van der Waals surface area contributed by atoms with Crippen molar-refractivity contribution in [2.24, 2.45) is 11.8 Å². The minimum absolute atomic E-state index is 0.0989. The third kappa shape index (κ3) is 3.89. The number of benzene rings is 1. The number of nitrogens with one attached hydrogen (secondary N) is 2. The summed E-state index contributed by atoms with van der Waals surface area (Å²) in [6, 6.07) is 8.55. The Balaban J connectivity index is 1.57. The maximum absolute atomic E-state index is 12.3. The maximum atomic E-state index is 12.3. The van der Waals surface area contributed by atoms with Crippen molar-refractivity contribution >= 4 is 11.6 Å². The molecule has 2 N–H and O–H groups in total. The van der Waals surface area contributed by atoms with E-state index < -0.39 is 0 Å². The molecule has 2 atom stereocenters. The van der Waals surface area contributed by atoms with Crippen LogP contribution in [0.4, 0.5) is 5.69 Å². The molecule has 1 saturated heterocycles. The average molecular weight is 300 g/mol. The molecule has 1 aromatic carbocycles. The highest BCUT2D eigenvalue weighted by Crippen LogP contribution is 2.33. The van der Waals surface area contributed by atoms with E-state index in [1.807, 2.05) is 0 Å². The van der Waals surface area contributed by atoms with Crippen LogP contribution in [0.2, 0.25) is 0 Å². The van der Waals surface area contributed by atoms with E-state index >= 15 is 0 Å². The second-order valence-electron chi connectivity index (χ2n) is 7.14. The first-order valence-electron chi connectivity index (χ1n) is 8.84. The van der Waals surface area contributed by atoms with Crippen molar-refractivity contribution in [3.8, 4) is 0 Å². The number of carbonyl (C=O) groups excluding carboxylic acids is 1. The van der Waals surface area contributed by atoms with Gasteiger partial charge in [-0.1, -0.05) is 38.3 Å². The van der Waals surface area contributed by atoms with Crippen LogP contribution < -0.4 is 10.6 Å². The van der Waals surface area contributed by atoms with Crippen LogP contribution in [0.25, 0.3) is 0 Å². The SMILES string of the molecule is CC1CNCC(C(=O)Nc2ccc(C3CCCCC3)cc2)C1. The van der Waals surface area contributed by atoms with Crippen LogP contribution in [0, 0.1) is 11.8 Å². The molecule has 22 heavy (non-hydrogen) atoms. The van der Waals surface area contributed by atoms with Crippen molar-refractivity contribution in [3.63, 3.8) is 0 Å². The predicted octanol–water partition coefficient (Wildman–Crippen LogP) is 3.92. The van der Waals surface area contributed by atoms with Crippen molar-refractivity contribution in [3.05, 3.63) is 29.8 Å². The molecule has 1 heterocycles. The van der Waals surface area contributed by atoms with E-state index in [1.54, 1.807) is 0 Å². The number of hydrogen-bond donors (Lipinski definition) is 2. The van der Waals surface area contributed by atoms with Gasteiger partial charge in [0.15, 0.2) is 0 Å². The number of amides is 1. The lowest BCUT2D eigenvalue weighted by atomic mass is 9.84. The Labute approximate surface area is 133 Å². The Hall–Kier alpha value is -1.35. The van der Waals surface area contributed by atoms with Crippen LogP contribution in [-0.2, 0) is 4.79 Å². The molecule has 2 fully saturated rings. The third-order valence-electron chi connectivity index (χ3n) is 5.20. The summed E-state index contributed by atoms with van der Waals surface area (Å²) in [6.07, 6.45) is 7.72. The summed E-state index contributed by atoms with van der Waals surface area (Å²) in [4.78, 5) is 12.3. The Bertz CT molecular complexity index is 491. The van der Waals surface area contributed by atoms with Crippen molar-refractivity contribution in [2.75, 3.05) is 18.4 Å². The summed E-state index contributed by atoms with van der Waals surface area (Å²) in [6.45, 7) is 4.03. The molecule has 1 amide bonds. The lowest BCUT2D eigenvalue weighted by molar-refractivity contribution is -0.120. The molecule has 1 saturated carbocycles. The first-order chi connectivity index (χ1) is 10.7.